The van der Waals surface area contributed by atoms with Crippen LogP contribution in [-0.4, -0.2) is 33.1 Å². The summed E-state index contributed by atoms with van der Waals surface area (Å²) in [6.07, 6.45) is 2.17. The maximum absolute atomic E-state index is 12.6. The van der Waals surface area contributed by atoms with Gasteiger partial charge in [-0.25, -0.2) is 0 Å². The molecule has 168 valence electrons. The second-order valence-corrected chi connectivity index (χ2v) is 7.00. The molecule has 0 unspecified atom stereocenters. The molecule has 0 fully saturated rings. The second kappa shape index (κ2) is 9.77. The van der Waals surface area contributed by atoms with Crippen LogP contribution in [0, 0.1) is 17.0 Å². The van der Waals surface area contributed by atoms with Gasteiger partial charge in [0.1, 0.15) is 23.8 Å². The molecule has 0 aliphatic carbocycles. The summed E-state index contributed by atoms with van der Waals surface area (Å²) in [5, 5.41) is 20.3. The summed E-state index contributed by atoms with van der Waals surface area (Å²) in [6.45, 7) is 4.10. The molecule has 0 saturated carbocycles. The first-order valence-corrected chi connectivity index (χ1v) is 9.88. The first-order chi connectivity index (χ1) is 15.3. The van der Waals surface area contributed by atoms with E-state index in [0.717, 1.165) is 6.42 Å². The smallest absolute Gasteiger partial charge is 0.291 e. The maximum Gasteiger partial charge on any atom is 0.291 e. The zero-order valence-electron chi connectivity index (χ0n) is 17.9. The number of rotatable bonds is 9. The second-order valence-electron chi connectivity index (χ2n) is 7.00. The van der Waals surface area contributed by atoms with Gasteiger partial charge in [-0.1, -0.05) is 6.92 Å². The molecule has 32 heavy (non-hydrogen) atoms. The van der Waals surface area contributed by atoms with Gasteiger partial charge in [-0.15, -0.1) is 0 Å². The van der Waals surface area contributed by atoms with Crippen LogP contribution in [0.2, 0.25) is 0 Å². The van der Waals surface area contributed by atoms with E-state index in [0.29, 0.717) is 23.6 Å². The highest BCUT2D eigenvalue weighted by molar-refractivity contribution is 6.07. The van der Waals surface area contributed by atoms with Crippen molar-refractivity contribution in [1.29, 1.82) is 0 Å². The Morgan fingerprint density at radius 1 is 1.25 bits per heavy atom. The topological polar surface area (TPSA) is 142 Å². The highest BCUT2D eigenvalue weighted by Crippen LogP contribution is 2.24. The van der Waals surface area contributed by atoms with Crippen LogP contribution < -0.4 is 15.4 Å². The van der Waals surface area contributed by atoms with Crippen molar-refractivity contribution in [3.05, 3.63) is 69.4 Å². The summed E-state index contributed by atoms with van der Waals surface area (Å²) in [4.78, 5) is 35.3. The normalized spacial score (nSPS) is 10.6. The third kappa shape index (κ3) is 5.12. The molecular formula is C21H23N5O6. The predicted octanol–water partition coefficient (Wildman–Crippen LogP) is 3.20. The number of ether oxygens (including phenoxy) is 1. The van der Waals surface area contributed by atoms with Gasteiger partial charge in [0.2, 0.25) is 0 Å². The minimum atomic E-state index is -0.542. The van der Waals surface area contributed by atoms with E-state index in [4.69, 9.17) is 9.15 Å². The van der Waals surface area contributed by atoms with Crippen LogP contribution in [0.25, 0.3) is 0 Å². The lowest BCUT2D eigenvalue weighted by Crippen LogP contribution is -2.27. The fourth-order valence-corrected chi connectivity index (χ4v) is 2.96. The van der Waals surface area contributed by atoms with Gasteiger partial charge < -0.3 is 19.8 Å². The number of aryl methyl sites for hydroxylation is 2. The number of nitrogens with zero attached hydrogens (tertiary/aromatic N) is 3. The third-order valence-electron chi connectivity index (χ3n) is 4.57. The van der Waals surface area contributed by atoms with Crippen molar-refractivity contribution in [2.75, 3.05) is 11.9 Å². The molecule has 11 nitrogen and oxygen atoms in total. The van der Waals surface area contributed by atoms with Crippen molar-refractivity contribution in [2.24, 2.45) is 7.05 Å². The van der Waals surface area contributed by atoms with Crippen LogP contribution in [-0.2, 0) is 13.7 Å². The molecule has 1 aromatic carbocycles. The van der Waals surface area contributed by atoms with Gasteiger partial charge in [0, 0.05) is 25.2 Å². The fraction of sp³-hybridized carbons (Fsp3) is 0.286. The number of carbonyl (C=O) groups excluding carboxylic acids is 2. The number of nitro benzene ring substituents is 1. The number of amides is 2. The molecule has 0 saturated heterocycles. The van der Waals surface area contributed by atoms with Gasteiger partial charge in [-0.3, -0.25) is 24.4 Å². The van der Waals surface area contributed by atoms with Crippen LogP contribution in [0.3, 0.4) is 0 Å². The van der Waals surface area contributed by atoms with Crippen molar-refractivity contribution >= 4 is 23.2 Å². The summed E-state index contributed by atoms with van der Waals surface area (Å²) in [7, 11) is 1.61. The lowest BCUT2D eigenvalue weighted by molar-refractivity contribution is -0.385. The number of benzene rings is 1. The number of carbonyl (C=O) groups is 2. The van der Waals surface area contributed by atoms with Gasteiger partial charge in [0.25, 0.3) is 17.5 Å². The molecule has 2 heterocycles. The molecule has 0 atom stereocenters. The third-order valence-corrected chi connectivity index (χ3v) is 4.57. The zero-order chi connectivity index (χ0) is 23.3. The maximum atomic E-state index is 12.6. The minimum absolute atomic E-state index is 0.00690. The fourth-order valence-electron chi connectivity index (χ4n) is 2.96. The Bertz CT molecular complexity index is 1150. The van der Waals surface area contributed by atoms with E-state index in [1.54, 1.807) is 26.1 Å². The first-order valence-electron chi connectivity index (χ1n) is 9.88. The molecule has 2 amide bonds. The summed E-state index contributed by atoms with van der Waals surface area (Å²) < 4.78 is 12.5. The van der Waals surface area contributed by atoms with Crippen LogP contribution in [0.4, 0.5) is 11.4 Å². The Hall–Kier alpha value is -4.15. The van der Waals surface area contributed by atoms with E-state index in [9.17, 15) is 19.7 Å². The Labute approximate surface area is 183 Å². The molecule has 11 heteroatoms. The molecule has 0 spiro atoms. The van der Waals surface area contributed by atoms with Gasteiger partial charge >= 0.3 is 0 Å². The predicted molar refractivity (Wildman–Crippen MR) is 115 cm³/mol. The van der Waals surface area contributed by atoms with Crippen LogP contribution >= 0.6 is 0 Å². The molecule has 0 aliphatic heterocycles. The molecular weight excluding hydrogens is 418 g/mol. The standard InChI is InChI=1S/C21H23N5O6/c1-4-9-22-21(28)19-16(11-23-25(19)3)24-20(27)18-8-6-15(32-18)12-31-14-5-7-17(26(29)30)13(2)10-14/h5-8,10-11H,4,9,12H2,1-3H3,(H,22,28)(H,24,27). The van der Waals surface area contributed by atoms with E-state index in [2.05, 4.69) is 15.7 Å². The number of nitrogens with one attached hydrogen (secondary N) is 2. The molecule has 2 N–H and O–H groups in total. The van der Waals surface area contributed by atoms with E-state index < -0.39 is 10.8 Å². The van der Waals surface area contributed by atoms with Gasteiger partial charge in [-0.2, -0.15) is 5.10 Å². The molecule has 0 aliphatic rings. The Balaban J connectivity index is 1.64. The quantitative estimate of drug-likeness (QED) is 0.383. The monoisotopic (exact) mass is 441 g/mol. The van der Waals surface area contributed by atoms with E-state index in [-0.39, 0.29) is 35.3 Å². The molecule has 2 aromatic heterocycles. The minimum Gasteiger partial charge on any atom is -0.486 e. The largest absolute Gasteiger partial charge is 0.486 e. The van der Waals surface area contributed by atoms with Crippen molar-refractivity contribution in [2.45, 2.75) is 26.9 Å². The zero-order valence-corrected chi connectivity index (χ0v) is 17.9. The van der Waals surface area contributed by atoms with Crippen molar-refractivity contribution in [1.82, 2.24) is 15.1 Å². The lowest BCUT2D eigenvalue weighted by Gasteiger charge is -2.07. The van der Waals surface area contributed by atoms with Crippen LogP contribution in [0.15, 0.2) is 40.9 Å². The highest BCUT2D eigenvalue weighted by Gasteiger charge is 2.20. The Morgan fingerprint density at radius 2 is 2.03 bits per heavy atom. The number of furan rings is 1. The first kappa shape index (κ1) is 22.5. The molecule has 3 rings (SSSR count). The Kier molecular flexibility index (Phi) is 6.88. The van der Waals surface area contributed by atoms with Gasteiger partial charge in [-0.05, 0) is 37.6 Å². The lowest BCUT2D eigenvalue weighted by atomic mass is 10.2. The number of anilines is 1. The van der Waals surface area contributed by atoms with Crippen LogP contribution in [0.1, 0.15) is 45.7 Å². The van der Waals surface area contributed by atoms with Gasteiger partial charge in [0.05, 0.1) is 16.8 Å². The summed E-state index contributed by atoms with van der Waals surface area (Å²) in [6, 6.07) is 7.50. The average Bonchev–Trinajstić information content (AvgIpc) is 3.37. The number of hydrogen-bond donors (Lipinski definition) is 2. The van der Waals surface area contributed by atoms with Crippen LogP contribution in [0.5, 0.6) is 5.75 Å². The summed E-state index contributed by atoms with van der Waals surface area (Å²) in [5.74, 6) is -0.0202. The Morgan fingerprint density at radius 3 is 2.72 bits per heavy atom. The summed E-state index contributed by atoms with van der Waals surface area (Å²) >= 11 is 0. The molecule has 0 bridgehead atoms. The molecule has 3 aromatic rings. The number of aromatic nitrogens is 2. The highest BCUT2D eigenvalue weighted by atomic mass is 16.6. The SMILES string of the molecule is CCCNC(=O)c1c(NC(=O)c2ccc(COc3ccc([N+](=O)[O-])c(C)c3)o2)cnn1C. The summed E-state index contributed by atoms with van der Waals surface area (Å²) in [5.41, 5.74) is 0.979. The van der Waals surface area contributed by atoms with E-state index >= 15 is 0 Å². The average molecular weight is 441 g/mol. The van der Waals surface area contributed by atoms with Crippen molar-refractivity contribution in [3.63, 3.8) is 0 Å². The van der Waals surface area contributed by atoms with Crippen molar-refractivity contribution < 1.29 is 23.7 Å². The van der Waals surface area contributed by atoms with E-state index in [1.807, 2.05) is 6.92 Å². The number of nitro groups is 1. The number of hydrogen-bond acceptors (Lipinski definition) is 7. The van der Waals surface area contributed by atoms with Crippen molar-refractivity contribution in [3.8, 4) is 5.75 Å². The van der Waals surface area contributed by atoms with Gasteiger partial charge in [0.15, 0.2) is 5.76 Å². The molecule has 0 radical (unpaired) electrons. The van der Waals surface area contributed by atoms with E-state index in [1.165, 1.54) is 29.1 Å².